The molecule has 0 saturated carbocycles. The summed E-state index contributed by atoms with van der Waals surface area (Å²) in [6, 6.07) is 16.9. The monoisotopic (exact) mass is 405 g/mol. The molecule has 0 aliphatic carbocycles. The van der Waals surface area contributed by atoms with Crippen molar-refractivity contribution in [3.05, 3.63) is 79.4 Å². The van der Waals surface area contributed by atoms with Gasteiger partial charge in [-0.05, 0) is 24.3 Å². The first-order valence-electron chi connectivity index (χ1n) is 9.42. The second-order valence-corrected chi connectivity index (χ2v) is 6.51. The second-order valence-electron chi connectivity index (χ2n) is 6.51. The third kappa shape index (κ3) is 3.69. The summed E-state index contributed by atoms with van der Waals surface area (Å²) >= 11 is 0. The van der Waals surface area contributed by atoms with Crippen molar-refractivity contribution in [2.75, 3.05) is 0 Å². The molecular weight excluding hydrogens is 391 g/mol. The number of hydrogen-bond acceptors (Lipinski definition) is 8. The molecule has 0 spiro atoms. The van der Waals surface area contributed by atoms with Gasteiger partial charge in [0.05, 0.1) is 11.4 Å². The topological polar surface area (TPSA) is 107 Å². The molecule has 31 heavy (non-hydrogen) atoms. The highest BCUT2D eigenvalue weighted by Crippen LogP contribution is 2.32. The van der Waals surface area contributed by atoms with E-state index >= 15 is 0 Å². The molecule has 4 heterocycles. The maximum atomic E-state index is 9.22. The molecule has 1 radical (unpaired) electrons. The van der Waals surface area contributed by atoms with Crippen molar-refractivity contribution in [1.82, 2.24) is 29.9 Å². The average Bonchev–Trinajstić information content (AvgIpc) is 2.85. The van der Waals surface area contributed by atoms with E-state index in [0.717, 1.165) is 16.7 Å². The van der Waals surface area contributed by atoms with E-state index < -0.39 is 0 Å². The van der Waals surface area contributed by atoms with Crippen LogP contribution >= 0.6 is 0 Å². The van der Waals surface area contributed by atoms with Crippen molar-refractivity contribution in [2.24, 2.45) is 0 Å². The van der Waals surface area contributed by atoms with Gasteiger partial charge in [0, 0.05) is 41.5 Å². The highest BCUT2D eigenvalue weighted by molar-refractivity contribution is 6.17. The summed E-state index contributed by atoms with van der Waals surface area (Å²) in [4.78, 5) is 26.9. The standard InChI is InChI=1S/C22H14BN6O2/c30-23-31-22-19(14-4-2-1-3-5-14)28-20-21(29-22)27-18(16-8-12-25-13-9-16)17(26-20)15-6-10-24-11-7-15/h1-13,30H. The van der Waals surface area contributed by atoms with Crippen LogP contribution in [0.25, 0.3) is 45.1 Å². The van der Waals surface area contributed by atoms with Crippen molar-refractivity contribution in [3.63, 3.8) is 0 Å². The Bertz CT molecular complexity index is 1340. The summed E-state index contributed by atoms with van der Waals surface area (Å²) in [5.74, 6) is 0.132. The summed E-state index contributed by atoms with van der Waals surface area (Å²) in [7, 11) is 0.574. The maximum absolute atomic E-state index is 9.22. The highest BCUT2D eigenvalue weighted by Gasteiger charge is 2.19. The fourth-order valence-electron chi connectivity index (χ4n) is 3.21. The van der Waals surface area contributed by atoms with Gasteiger partial charge < -0.3 is 9.68 Å². The molecule has 0 bridgehead atoms. The number of rotatable bonds is 5. The molecule has 147 valence electrons. The van der Waals surface area contributed by atoms with Crippen molar-refractivity contribution in [1.29, 1.82) is 0 Å². The third-order valence-corrected chi connectivity index (χ3v) is 4.61. The minimum atomic E-state index is 0.132. The zero-order chi connectivity index (χ0) is 21.0. The first-order valence-corrected chi connectivity index (χ1v) is 9.42. The maximum Gasteiger partial charge on any atom is 0.570 e. The van der Waals surface area contributed by atoms with E-state index in [9.17, 15) is 5.02 Å². The average molecular weight is 405 g/mol. The predicted molar refractivity (Wildman–Crippen MR) is 116 cm³/mol. The number of pyridine rings is 2. The third-order valence-electron chi connectivity index (χ3n) is 4.61. The molecule has 1 aromatic carbocycles. The lowest BCUT2D eigenvalue weighted by Crippen LogP contribution is -2.07. The summed E-state index contributed by atoms with van der Waals surface area (Å²) in [6.45, 7) is 0. The molecule has 0 aliphatic rings. The number of nitrogens with zero attached hydrogens (tertiary/aromatic N) is 6. The molecular formula is C22H14BN6O2. The molecule has 0 atom stereocenters. The number of hydrogen-bond donors (Lipinski definition) is 1. The van der Waals surface area contributed by atoms with E-state index in [4.69, 9.17) is 14.6 Å². The van der Waals surface area contributed by atoms with Crippen LogP contribution < -0.4 is 4.65 Å². The minimum absolute atomic E-state index is 0.132. The van der Waals surface area contributed by atoms with E-state index in [1.807, 2.05) is 54.6 Å². The second kappa shape index (κ2) is 8.25. The molecule has 0 amide bonds. The summed E-state index contributed by atoms with van der Waals surface area (Å²) in [5, 5.41) is 9.22. The van der Waals surface area contributed by atoms with Gasteiger partial charge in [-0.25, -0.2) is 15.0 Å². The molecule has 0 fully saturated rings. The Kier molecular flexibility index (Phi) is 5.00. The molecule has 9 heteroatoms. The zero-order valence-electron chi connectivity index (χ0n) is 16.1. The smallest absolute Gasteiger partial charge is 0.522 e. The van der Waals surface area contributed by atoms with Gasteiger partial charge in [0.15, 0.2) is 5.65 Å². The van der Waals surface area contributed by atoms with Crippen molar-refractivity contribution in [2.45, 2.75) is 0 Å². The van der Waals surface area contributed by atoms with Crippen LogP contribution in [0.3, 0.4) is 0 Å². The molecule has 0 unspecified atom stereocenters. The van der Waals surface area contributed by atoms with Crippen LogP contribution in [-0.4, -0.2) is 42.6 Å². The number of fused-ring (bicyclic) bond motifs is 1. The SMILES string of the molecule is O[B]Oc1nc2nc(-c3ccncc3)c(-c3ccncc3)nc2nc1-c1ccccc1. The Morgan fingerprint density at radius 1 is 0.581 bits per heavy atom. The lowest BCUT2D eigenvalue weighted by Gasteiger charge is -2.12. The van der Waals surface area contributed by atoms with Crippen molar-refractivity contribution in [3.8, 4) is 39.7 Å². The van der Waals surface area contributed by atoms with Crippen LogP contribution in [-0.2, 0) is 0 Å². The van der Waals surface area contributed by atoms with Gasteiger partial charge in [-0.3, -0.25) is 9.97 Å². The molecule has 0 aliphatic heterocycles. The lowest BCUT2D eigenvalue weighted by atomic mass is 10.1. The van der Waals surface area contributed by atoms with E-state index in [1.165, 1.54) is 0 Å². The van der Waals surface area contributed by atoms with E-state index in [-0.39, 0.29) is 5.88 Å². The van der Waals surface area contributed by atoms with Gasteiger partial charge in [0.1, 0.15) is 5.69 Å². The summed E-state index contributed by atoms with van der Waals surface area (Å²) in [5.41, 5.74) is 4.84. The Hall–Kier alpha value is -4.24. The fourth-order valence-corrected chi connectivity index (χ4v) is 3.21. The quantitative estimate of drug-likeness (QED) is 0.445. The first kappa shape index (κ1) is 18.8. The van der Waals surface area contributed by atoms with Crippen LogP contribution in [0.15, 0.2) is 79.4 Å². The Morgan fingerprint density at radius 3 is 1.61 bits per heavy atom. The predicted octanol–water partition coefficient (Wildman–Crippen LogP) is 3.12. The van der Waals surface area contributed by atoms with E-state index in [0.29, 0.717) is 36.1 Å². The van der Waals surface area contributed by atoms with Crippen molar-refractivity contribution >= 4 is 19.0 Å². The van der Waals surface area contributed by atoms with Crippen LogP contribution in [0.1, 0.15) is 0 Å². The van der Waals surface area contributed by atoms with Crippen LogP contribution in [0.4, 0.5) is 0 Å². The van der Waals surface area contributed by atoms with Gasteiger partial charge in [-0.1, -0.05) is 30.3 Å². The minimum Gasteiger partial charge on any atom is -0.522 e. The van der Waals surface area contributed by atoms with Crippen molar-refractivity contribution < 1.29 is 9.68 Å². The normalized spacial score (nSPS) is 10.7. The summed E-state index contributed by atoms with van der Waals surface area (Å²) in [6.07, 6.45) is 6.78. The number of aromatic nitrogens is 6. The summed E-state index contributed by atoms with van der Waals surface area (Å²) < 4.78 is 5.23. The van der Waals surface area contributed by atoms with Gasteiger partial charge in [0.25, 0.3) is 0 Å². The fraction of sp³-hybridized carbons (Fsp3) is 0. The number of benzene rings is 1. The Morgan fingerprint density at radius 2 is 1.06 bits per heavy atom. The molecule has 0 saturated heterocycles. The van der Waals surface area contributed by atoms with Crippen LogP contribution in [0.5, 0.6) is 5.88 Å². The molecule has 5 aromatic rings. The van der Waals surface area contributed by atoms with E-state index in [1.54, 1.807) is 24.8 Å². The Labute approximate surface area is 178 Å². The molecule has 8 nitrogen and oxygen atoms in total. The van der Waals surface area contributed by atoms with Gasteiger partial charge in [-0.2, -0.15) is 4.98 Å². The Balaban J connectivity index is 1.79. The molecule has 4 aromatic heterocycles. The van der Waals surface area contributed by atoms with E-state index in [2.05, 4.69) is 19.9 Å². The van der Waals surface area contributed by atoms with Crippen LogP contribution in [0, 0.1) is 0 Å². The van der Waals surface area contributed by atoms with Crippen LogP contribution in [0.2, 0.25) is 0 Å². The van der Waals surface area contributed by atoms with Gasteiger partial charge >= 0.3 is 7.69 Å². The highest BCUT2D eigenvalue weighted by atomic mass is 16.5. The lowest BCUT2D eigenvalue weighted by molar-refractivity contribution is 0.444. The first-order chi connectivity index (χ1) is 15.3. The molecule has 5 rings (SSSR count). The van der Waals surface area contributed by atoms with Gasteiger partial charge in [-0.15, -0.1) is 0 Å². The van der Waals surface area contributed by atoms with Gasteiger partial charge in [0.2, 0.25) is 11.5 Å². The molecule has 1 N–H and O–H groups in total. The largest absolute Gasteiger partial charge is 0.570 e. The zero-order valence-corrected chi connectivity index (χ0v) is 16.1.